The topological polar surface area (TPSA) is 148 Å². The van der Waals surface area contributed by atoms with Gasteiger partial charge in [0.05, 0.1) is 23.8 Å². The summed E-state index contributed by atoms with van der Waals surface area (Å²) in [5.74, 6) is -2.59. The van der Waals surface area contributed by atoms with Crippen LogP contribution in [0.15, 0.2) is 18.2 Å². The van der Waals surface area contributed by atoms with Crippen molar-refractivity contribution in [3.63, 3.8) is 0 Å². The number of primary amides is 1. The Labute approximate surface area is 172 Å². The van der Waals surface area contributed by atoms with Gasteiger partial charge in [-0.3, -0.25) is 34.2 Å². The quantitative estimate of drug-likeness (QED) is 0.413. The van der Waals surface area contributed by atoms with Crippen molar-refractivity contribution in [1.29, 1.82) is 0 Å². The van der Waals surface area contributed by atoms with Gasteiger partial charge in [0, 0.05) is 24.6 Å². The highest BCUT2D eigenvalue weighted by Crippen LogP contribution is 2.32. The van der Waals surface area contributed by atoms with E-state index in [0.717, 1.165) is 4.90 Å². The summed E-state index contributed by atoms with van der Waals surface area (Å²) in [5.41, 5.74) is 6.15. The number of ether oxygens (including phenoxy) is 1. The summed E-state index contributed by atoms with van der Waals surface area (Å²) in [7, 11) is 0. The van der Waals surface area contributed by atoms with Gasteiger partial charge in [0.1, 0.15) is 6.04 Å². The normalized spacial score (nSPS) is 25.6. The largest absolute Gasteiger partial charge is 0.382 e. The molecule has 0 radical (unpaired) electrons. The molecule has 1 saturated carbocycles. The maximum Gasteiger partial charge on any atom is 0.264 e. The van der Waals surface area contributed by atoms with E-state index in [2.05, 4.69) is 10.6 Å². The van der Waals surface area contributed by atoms with Crippen LogP contribution in [0.4, 0.5) is 5.69 Å². The van der Waals surface area contributed by atoms with Crippen LogP contribution in [0.3, 0.4) is 0 Å². The van der Waals surface area contributed by atoms with Gasteiger partial charge in [-0.25, -0.2) is 0 Å². The molecule has 0 spiro atoms. The second-order valence-corrected chi connectivity index (χ2v) is 7.67. The van der Waals surface area contributed by atoms with Crippen molar-refractivity contribution < 1.29 is 28.7 Å². The molecule has 1 aromatic rings. The van der Waals surface area contributed by atoms with Crippen LogP contribution in [0, 0.1) is 5.92 Å². The Morgan fingerprint density at radius 3 is 2.67 bits per heavy atom. The van der Waals surface area contributed by atoms with Crippen molar-refractivity contribution >= 4 is 35.2 Å². The third-order valence-corrected chi connectivity index (χ3v) is 5.74. The first kappa shape index (κ1) is 20.0. The van der Waals surface area contributed by atoms with E-state index in [0.29, 0.717) is 31.7 Å². The summed E-state index contributed by atoms with van der Waals surface area (Å²) in [6.45, 7) is 0.757. The van der Waals surface area contributed by atoms with E-state index in [4.69, 9.17) is 10.5 Å². The number of nitrogens with zero attached hydrogens (tertiary/aromatic N) is 1. The van der Waals surface area contributed by atoms with Crippen LogP contribution >= 0.6 is 0 Å². The fourth-order valence-electron chi connectivity index (χ4n) is 4.01. The minimum Gasteiger partial charge on any atom is -0.382 e. The molecule has 4 N–H and O–H groups in total. The molecule has 2 aliphatic heterocycles. The standard InChI is InChI=1S/C20H22N4O6/c21-17(26)10-8-11(9-10)30-7-6-22-13-3-1-2-12-16(13)20(29)24(19(12)28)14-4-5-15(25)23-18(14)27/h1-3,10-11,14,22H,4-9H2,(H2,21,26)(H,23,25,27). The zero-order valence-electron chi connectivity index (χ0n) is 16.2. The number of piperidine rings is 1. The van der Waals surface area contributed by atoms with Crippen molar-refractivity contribution in [2.45, 2.75) is 37.8 Å². The summed E-state index contributed by atoms with van der Waals surface area (Å²) >= 11 is 0. The van der Waals surface area contributed by atoms with Crippen molar-refractivity contribution in [3.05, 3.63) is 29.3 Å². The van der Waals surface area contributed by atoms with Crippen LogP contribution < -0.4 is 16.4 Å². The Bertz CT molecular complexity index is 939. The van der Waals surface area contributed by atoms with Crippen molar-refractivity contribution in [1.82, 2.24) is 10.2 Å². The Kier molecular flexibility index (Phi) is 5.25. The number of rotatable bonds is 7. The molecule has 30 heavy (non-hydrogen) atoms. The Morgan fingerprint density at radius 1 is 1.20 bits per heavy atom. The number of anilines is 1. The number of nitrogens with one attached hydrogen (secondary N) is 2. The van der Waals surface area contributed by atoms with Gasteiger partial charge in [0.2, 0.25) is 17.7 Å². The Morgan fingerprint density at radius 2 is 1.97 bits per heavy atom. The highest BCUT2D eigenvalue weighted by atomic mass is 16.5. The Hall–Kier alpha value is -3.27. The SMILES string of the molecule is NC(=O)C1CC(OCCNc2cccc3c2C(=O)N(C2CCC(=O)NC2=O)C3=O)C1. The maximum atomic E-state index is 13.0. The fraction of sp³-hybridized carbons (Fsp3) is 0.450. The number of benzene rings is 1. The molecule has 5 amide bonds. The van der Waals surface area contributed by atoms with Crippen LogP contribution in [0.5, 0.6) is 0 Å². The molecule has 158 valence electrons. The lowest BCUT2D eigenvalue weighted by atomic mass is 9.82. The van der Waals surface area contributed by atoms with Crippen LogP contribution in [-0.4, -0.2) is 59.7 Å². The molecule has 3 aliphatic rings. The molecule has 1 unspecified atom stereocenters. The predicted octanol–water partition coefficient (Wildman–Crippen LogP) is -0.220. The number of hydrogen-bond acceptors (Lipinski definition) is 7. The summed E-state index contributed by atoms with van der Waals surface area (Å²) in [5, 5.41) is 5.28. The smallest absolute Gasteiger partial charge is 0.264 e. The Balaban J connectivity index is 1.39. The minimum atomic E-state index is -0.997. The number of imide groups is 2. The molecular weight excluding hydrogens is 392 g/mol. The molecule has 1 saturated heterocycles. The third kappa shape index (κ3) is 3.54. The number of fused-ring (bicyclic) bond motifs is 1. The molecule has 1 atom stereocenters. The van der Waals surface area contributed by atoms with Gasteiger partial charge >= 0.3 is 0 Å². The second kappa shape index (κ2) is 7.86. The zero-order chi connectivity index (χ0) is 21.4. The third-order valence-electron chi connectivity index (χ3n) is 5.74. The molecule has 1 aliphatic carbocycles. The van der Waals surface area contributed by atoms with E-state index in [1.165, 1.54) is 0 Å². The molecule has 10 nitrogen and oxygen atoms in total. The van der Waals surface area contributed by atoms with E-state index in [1.807, 2.05) is 0 Å². The van der Waals surface area contributed by atoms with E-state index in [-0.39, 0.29) is 41.9 Å². The van der Waals surface area contributed by atoms with Gasteiger partial charge in [-0.1, -0.05) is 6.07 Å². The van der Waals surface area contributed by atoms with Crippen LogP contribution in [-0.2, 0) is 19.1 Å². The van der Waals surface area contributed by atoms with E-state index >= 15 is 0 Å². The van der Waals surface area contributed by atoms with Gasteiger partial charge in [-0.2, -0.15) is 0 Å². The number of amides is 5. The number of nitrogens with two attached hydrogens (primary N) is 1. The molecule has 0 bridgehead atoms. The van der Waals surface area contributed by atoms with Crippen molar-refractivity contribution in [3.8, 4) is 0 Å². The number of carbonyl (C=O) groups is 5. The molecule has 0 aromatic heterocycles. The lowest BCUT2D eigenvalue weighted by Gasteiger charge is -2.32. The summed E-state index contributed by atoms with van der Waals surface area (Å²) in [6.07, 6.45) is 1.41. The van der Waals surface area contributed by atoms with Crippen LogP contribution in [0.1, 0.15) is 46.4 Å². The molecule has 4 rings (SSSR count). The summed E-state index contributed by atoms with van der Waals surface area (Å²) in [6, 6.07) is 3.89. The molecular formula is C20H22N4O6. The highest BCUT2D eigenvalue weighted by molar-refractivity contribution is 6.25. The molecule has 2 heterocycles. The van der Waals surface area contributed by atoms with Gasteiger partial charge in [-0.05, 0) is 31.4 Å². The van der Waals surface area contributed by atoms with Crippen molar-refractivity contribution in [2.75, 3.05) is 18.5 Å². The monoisotopic (exact) mass is 414 g/mol. The second-order valence-electron chi connectivity index (χ2n) is 7.67. The zero-order valence-corrected chi connectivity index (χ0v) is 16.2. The average molecular weight is 414 g/mol. The summed E-state index contributed by atoms with van der Waals surface area (Å²) in [4.78, 5) is 61.3. The van der Waals surface area contributed by atoms with Crippen molar-refractivity contribution in [2.24, 2.45) is 11.7 Å². The van der Waals surface area contributed by atoms with Gasteiger partial charge in [0.25, 0.3) is 11.8 Å². The first-order valence-electron chi connectivity index (χ1n) is 9.86. The lowest BCUT2D eigenvalue weighted by molar-refractivity contribution is -0.136. The maximum absolute atomic E-state index is 13.0. The van der Waals surface area contributed by atoms with Gasteiger partial charge in [0.15, 0.2) is 0 Å². The highest BCUT2D eigenvalue weighted by Gasteiger charge is 2.45. The predicted molar refractivity (Wildman–Crippen MR) is 103 cm³/mol. The first-order valence-corrected chi connectivity index (χ1v) is 9.86. The fourth-order valence-corrected chi connectivity index (χ4v) is 4.01. The first-order chi connectivity index (χ1) is 14.4. The molecule has 2 fully saturated rings. The van der Waals surface area contributed by atoms with Gasteiger partial charge < -0.3 is 15.8 Å². The number of carbonyl (C=O) groups excluding carboxylic acids is 5. The average Bonchev–Trinajstić information content (AvgIpc) is 2.91. The molecule has 10 heteroatoms. The van der Waals surface area contributed by atoms with E-state index in [1.54, 1.807) is 18.2 Å². The van der Waals surface area contributed by atoms with Gasteiger partial charge in [-0.15, -0.1) is 0 Å². The molecule has 1 aromatic carbocycles. The minimum absolute atomic E-state index is 0.00276. The van der Waals surface area contributed by atoms with E-state index in [9.17, 15) is 24.0 Å². The number of hydrogen-bond donors (Lipinski definition) is 3. The van der Waals surface area contributed by atoms with Crippen LogP contribution in [0.25, 0.3) is 0 Å². The van der Waals surface area contributed by atoms with Crippen LogP contribution in [0.2, 0.25) is 0 Å². The lowest BCUT2D eigenvalue weighted by Crippen LogP contribution is -2.54. The van der Waals surface area contributed by atoms with E-state index < -0.39 is 29.7 Å². The summed E-state index contributed by atoms with van der Waals surface area (Å²) < 4.78 is 5.67.